The second-order valence-corrected chi connectivity index (χ2v) is 12.5. The molecular formula is C27H48N2O9. The number of carboxylic acids is 2. The average Bonchev–Trinajstić information content (AvgIpc) is 2.75. The summed E-state index contributed by atoms with van der Waals surface area (Å²) in [6.07, 6.45) is -0.189. The maximum atomic E-state index is 12.8. The van der Waals surface area contributed by atoms with Gasteiger partial charge in [0.2, 0.25) is 5.91 Å². The Morgan fingerprint density at radius 1 is 0.763 bits per heavy atom. The molecule has 220 valence electrons. The molecule has 0 fully saturated rings. The van der Waals surface area contributed by atoms with Crippen LogP contribution in [0.25, 0.3) is 0 Å². The van der Waals surface area contributed by atoms with Crippen LogP contribution in [0, 0.1) is 16.2 Å². The third-order valence-electron chi connectivity index (χ3n) is 6.29. The van der Waals surface area contributed by atoms with Gasteiger partial charge in [0.15, 0.2) is 11.6 Å². The Morgan fingerprint density at radius 3 is 1.82 bits per heavy atom. The fourth-order valence-corrected chi connectivity index (χ4v) is 3.60. The van der Waals surface area contributed by atoms with Crippen molar-refractivity contribution in [2.75, 3.05) is 33.0 Å². The number of carbonyl (C=O) groups excluding carboxylic acids is 3. The molecule has 0 heterocycles. The van der Waals surface area contributed by atoms with Crippen molar-refractivity contribution in [2.24, 2.45) is 16.2 Å². The van der Waals surface area contributed by atoms with E-state index in [0.717, 1.165) is 0 Å². The molecule has 1 atom stereocenters. The first-order chi connectivity index (χ1) is 17.1. The van der Waals surface area contributed by atoms with Crippen LogP contribution in [0.5, 0.6) is 0 Å². The molecule has 0 rings (SSSR count). The van der Waals surface area contributed by atoms with Crippen LogP contribution in [0.3, 0.4) is 0 Å². The zero-order chi connectivity index (χ0) is 29.9. The minimum Gasteiger partial charge on any atom is -0.481 e. The topological polar surface area (TPSA) is 168 Å². The van der Waals surface area contributed by atoms with Crippen LogP contribution in [0.2, 0.25) is 0 Å². The Morgan fingerprint density at radius 2 is 1.32 bits per heavy atom. The maximum absolute atomic E-state index is 12.8. The van der Waals surface area contributed by atoms with Crippen LogP contribution < -0.4 is 10.6 Å². The molecule has 0 spiro atoms. The second-order valence-electron chi connectivity index (χ2n) is 12.5. The van der Waals surface area contributed by atoms with E-state index in [4.69, 9.17) is 9.47 Å². The molecule has 0 saturated heterocycles. The second kappa shape index (κ2) is 14.7. The molecule has 0 aromatic heterocycles. The predicted octanol–water partition coefficient (Wildman–Crippen LogP) is 2.45. The van der Waals surface area contributed by atoms with Crippen LogP contribution in [0.1, 0.15) is 81.6 Å². The van der Waals surface area contributed by atoms with Crippen molar-refractivity contribution in [1.29, 1.82) is 0 Å². The van der Waals surface area contributed by atoms with Crippen molar-refractivity contribution in [1.82, 2.24) is 10.6 Å². The summed E-state index contributed by atoms with van der Waals surface area (Å²) < 4.78 is 10.8. The molecule has 0 aromatic carbocycles. The Kier molecular flexibility index (Phi) is 13.8. The molecular weight excluding hydrogens is 496 g/mol. The SMILES string of the molecule is CC(C)(C)C(=O)COCCOCCNC(C)(C)C(=O)CCC(NC(=O)C(C)(C)CC(C)(C)C(=O)O)C(=O)O. The highest BCUT2D eigenvalue weighted by Crippen LogP contribution is 2.34. The van der Waals surface area contributed by atoms with Gasteiger partial charge >= 0.3 is 11.9 Å². The number of ketones is 2. The predicted molar refractivity (Wildman–Crippen MR) is 142 cm³/mol. The highest BCUT2D eigenvalue weighted by Gasteiger charge is 2.40. The summed E-state index contributed by atoms with van der Waals surface area (Å²) in [5.41, 5.74) is -3.70. The normalized spacial score (nSPS) is 13.6. The van der Waals surface area contributed by atoms with E-state index in [0.29, 0.717) is 19.8 Å². The Balaban J connectivity index is 4.60. The van der Waals surface area contributed by atoms with Gasteiger partial charge in [0.1, 0.15) is 12.6 Å². The number of ether oxygens (including phenoxy) is 2. The van der Waals surface area contributed by atoms with Gasteiger partial charge < -0.3 is 30.3 Å². The summed E-state index contributed by atoms with van der Waals surface area (Å²) >= 11 is 0. The quantitative estimate of drug-likeness (QED) is 0.177. The Hall–Kier alpha value is -2.37. The number of Topliss-reactive ketones (excluding diaryl/α,β-unsaturated/α-hetero) is 2. The first kappa shape index (κ1) is 35.6. The van der Waals surface area contributed by atoms with Crippen LogP contribution >= 0.6 is 0 Å². The fraction of sp³-hybridized carbons (Fsp3) is 0.815. The van der Waals surface area contributed by atoms with Gasteiger partial charge in [0.25, 0.3) is 0 Å². The lowest BCUT2D eigenvalue weighted by atomic mass is 9.74. The summed E-state index contributed by atoms with van der Waals surface area (Å²) in [6, 6.07) is -1.29. The van der Waals surface area contributed by atoms with Crippen LogP contribution in [0.15, 0.2) is 0 Å². The molecule has 38 heavy (non-hydrogen) atoms. The number of rotatable bonds is 19. The van der Waals surface area contributed by atoms with Crippen molar-refractivity contribution < 1.29 is 43.7 Å². The van der Waals surface area contributed by atoms with Crippen molar-refractivity contribution >= 4 is 29.4 Å². The highest BCUT2D eigenvalue weighted by molar-refractivity contribution is 5.90. The first-order valence-corrected chi connectivity index (χ1v) is 12.9. The molecule has 0 aliphatic carbocycles. The van der Waals surface area contributed by atoms with Gasteiger partial charge in [-0.05, 0) is 40.5 Å². The van der Waals surface area contributed by atoms with Gasteiger partial charge in [0.05, 0.1) is 30.8 Å². The third kappa shape index (κ3) is 12.9. The molecule has 4 N–H and O–H groups in total. The van der Waals surface area contributed by atoms with E-state index in [2.05, 4.69) is 10.6 Å². The molecule has 0 aliphatic rings. The minimum absolute atomic E-state index is 0.00657. The van der Waals surface area contributed by atoms with Crippen LogP contribution in [0.4, 0.5) is 0 Å². The number of amides is 1. The number of aliphatic carboxylic acids is 2. The van der Waals surface area contributed by atoms with Gasteiger partial charge in [0, 0.05) is 23.8 Å². The van der Waals surface area contributed by atoms with E-state index in [1.807, 2.05) is 20.8 Å². The van der Waals surface area contributed by atoms with Gasteiger partial charge in [-0.2, -0.15) is 0 Å². The van der Waals surface area contributed by atoms with Crippen molar-refractivity contribution in [3.63, 3.8) is 0 Å². The molecule has 1 unspecified atom stereocenters. The molecule has 0 radical (unpaired) electrons. The summed E-state index contributed by atoms with van der Waals surface area (Å²) in [6.45, 7) is 16.2. The Labute approximate surface area is 226 Å². The third-order valence-corrected chi connectivity index (χ3v) is 6.29. The summed E-state index contributed by atoms with van der Waals surface area (Å²) in [7, 11) is 0. The molecule has 0 bridgehead atoms. The number of carboxylic acid groups (broad SMARTS) is 2. The summed E-state index contributed by atoms with van der Waals surface area (Å²) in [4.78, 5) is 60.5. The smallest absolute Gasteiger partial charge is 0.326 e. The van der Waals surface area contributed by atoms with E-state index in [9.17, 15) is 34.2 Å². The Bertz CT molecular complexity index is 842. The average molecular weight is 545 g/mol. The van der Waals surface area contributed by atoms with E-state index in [-0.39, 0.29) is 44.0 Å². The fourth-order valence-electron chi connectivity index (χ4n) is 3.60. The minimum atomic E-state index is -1.29. The van der Waals surface area contributed by atoms with Gasteiger partial charge in [-0.25, -0.2) is 4.79 Å². The maximum Gasteiger partial charge on any atom is 0.326 e. The lowest BCUT2D eigenvalue weighted by Gasteiger charge is -2.32. The van der Waals surface area contributed by atoms with E-state index in [1.54, 1.807) is 27.7 Å². The monoisotopic (exact) mass is 544 g/mol. The van der Waals surface area contributed by atoms with E-state index >= 15 is 0 Å². The molecule has 0 saturated carbocycles. The molecule has 1 amide bonds. The number of carbonyl (C=O) groups is 5. The van der Waals surface area contributed by atoms with Crippen molar-refractivity contribution in [3.05, 3.63) is 0 Å². The van der Waals surface area contributed by atoms with Crippen LogP contribution in [-0.4, -0.2) is 84.2 Å². The molecule has 11 nitrogen and oxygen atoms in total. The lowest BCUT2D eigenvalue weighted by Crippen LogP contribution is -2.50. The standard InChI is InChI=1S/C27H48N2O9/c1-24(2,3)20(31)16-38-15-14-37-13-12-28-27(8,9)19(30)11-10-18(21(32)33)29-22(34)25(4,5)17-26(6,7)23(35)36/h18,28H,10-17H2,1-9H3,(H,29,34)(H,32,33)(H,35,36). The zero-order valence-corrected chi connectivity index (χ0v) is 24.5. The van der Waals surface area contributed by atoms with Gasteiger partial charge in [-0.15, -0.1) is 0 Å². The van der Waals surface area contributed by atoms with E-state index < -0.39 is 45.7 Å². The lowest BCUT2D eigenvalue weighted by molar-refractivity contribution is -0.151. The summed E-state index contributed by atoms with van der Waals surface area (Å²) in [5, 5.41) is 24.5. The van der Waals surface area contributed by atoms with Gasteiger partial charge in [-0.3, -0.25) is 19.2 Å². The molecule has 0 aromatic rings. The molecule has 0 aliphatic heterocycles. The zero-order valence-electron chi connectivity index (χ0n) is 24.5. The van der Waals surface area contributed by atoms with Crippen molar-refractivity contribution in [3.8, 4) is 0 Å². The van der Waals surface area contributed by atoms with Crippen molar-refractivity contribution in [2.45, 2.75) is 93.2 Å². The van der Waals surface area contributed by atoms with Crippen LogP contribution in [-0.2, 0) is 33.4 Å². The summed E-state index contributed by atoms with van der Waals surface area (Å²) in [5.74, 6) is -3.14. The number of hydrogen-bond donors (Lipinski definition) is 4. The highest BCUT2D eigenvalue weighted by atomic mass is 16.5. The number of nitrogens with one attached hydrogen (secondary N) is 2. The van der Waals surface area contributed by atoms with Gasteiger partial charge in [-0.1, -0.05) is 34.6 Å². The number of hydrogen-bond acceptors (Lipinski definition) is 8. The first-order valence-electron chi connectivity index (χ1n) is 12.9. The van der Waals surface area contributed by atoms with E-state index in [1.165, 1.54) is 13.8 Å². The largest absolute Gasteiger partial charge is 0.481 e. The molecule has 11 heteroatoms.